The molecule has 4 rings (SSSR count). The molecule has 1 aromatic carbocycles. The maximum atomic E-state index is 13.5. The quantitative estimate of drug-likeness (QED) is 0.433. The van der Waals surface area contributed by atoms with Crippen LogP contribution in [0, 0.1) is 6.92 Å². The number of amides is 1. The number of carbonyl (C=O) groups excluding carboxylic acids is 1. The van der Waals surface area contributed by atoms with Crippen molar-refractivity contribution in [3.05, 3.63) is 80.6 Å². The SMILES string of the molecule is Cc1cccn2c(=O)c(/C=C3\SC(=S)N(C(C)C)C3=O)c(NC(C)c3ccccc3)nc12. The molecule has 3 aromatic rings. The van der Waals surface area contributed by atoms with Crippen LogP contribution < -0.4 is 10.9 Å². The second-order valence-corrected chi connectivity index (χ2v) is 9.66. The number of pyridine rings is 1. The lowest BCUT2D eigenvalue weighted by atomic mass is 10.1. The van der Waals surface area contributed by atoms with Crippen molar-refractivity contribution in [2.24, 2.45) is 0 Å². The zero-order valence-corrected chi connectivity index (χ0v) is 20.0. The van der Waals surface area contributed by atoms with E-state index >= 15 is 0 Å². The predicted molar refractivity (Wildman–Crippen MR) is 135 cm³/mol. The standard InChI is InChI=1S/C24H24N4O2S2/c1-14(2)28-23(30)19(32-24(28)31)13-18-20(25-16(4)17-10-6-5-7-11-17)26-21-15(3)9-8-12-27(21)22(18)29/h5-14,16,25H,1-4H3/b19-13-. The van der Waals surface area contributed by atoms with Gasteiger partial charge in [-0.15, -0.1) is 0 Å². The van der Waals surface area contributed by atoms with Crippen molar-refractivity contribution in [1.82, 2.24) is 14.3 Å². The Balaban J connectivity index is 1.86. The number of aryl methyl sites for hydroxylation is 1. The molecule has 1 unspecified atom stereocenters. The van der Waals surface area contributed by atoms with Crippen molar-refractivity contribution in [3.63, 3.8) is 0 Å². The number of rotatable bonds is 5. The Morgan fingerprint density at radius 1 is 1.09 bits per heavy atom. The van der Waals surface area contributed by atoms with Crippen LogP contribution in [0.4, 0.5) is 5.82 Å². The first-order valence-corrected chi connectivity index (χ1v) is 11.6. The summed E-state index contributed by atoms with van der Waals surface area (Å²) in [7, 11) is 0. The Kier molecular flexibility index (Phi) is 6.17. The average Bonchev–Trinajstić information content (AvgIpc) is 3.05. The van der Waals surface area contributed by atoms with Gasteiger partial charge in [0, 0.05) is 18.3 Å². The summed E-state index contributed by atoms with van der Waals surface area (Å²) < 4.78 is 2.01. The monoisotopic (exact) mass is 464 g/mol. The van der Waals surface area contributed by atoms with Crippen molar-refractivity contribution in [3.8, 4) is 0 Å². The smallest absolute Gasteiger partial charge is 0.267 e. The topological polar surface area (TPSA) is 66.7 Å². The van der Waals surface area contributed by atoms with Gasteiger partial charge in [-0.3, -0.25) is 18.9 Å². The lowest BCUT2D eigenvalue weighted by Gasteiger charge is -2.19. The molecule has 1 saturated heterocycles. The van der Waals surface area contributed by atoms with Gasteiger partial charge in [-0.1, -0.05) is 60.4 Å². The van der Waals surface area contributed by atoms with Gasteiger partial charge >= 0.3 is 0 Å². The van der Waals surface area contributed by atoms with Gasteiger partial charge in [-0.05, 0) is 51.0 Å². The Morgan fingerprint density at radius 2 is 1.81 bits per heavy atom. The highest BCUT2D eigenvalue weighted by Crippen LogP contribution is 2.34. The number of hydrogen-bond donors (Lipinski definition) is 1. The number of benzene rings is 1. The van der Waals surface area contributed by atoms with Gasteiger partial charge in [0.05, 0.1) is 10.5 Å². The van der Waals surface area contributed by atoms with Crippen LogP contribution in [-0.4, -0.2) is 30.6 Å². The van der Waals surface area contributed by atoms with E-state index < -0.39 is 0 Å². The fraction of sp³-hybridized carbons (Fsp3) is 0.250. The van der Waals surface area contributed by atoms with Crippen LogP contribution >= 0.6 is 24.0 Å². The molecule has 0 aliphatic carbocycles. The fourth-order valence-corrected chi connectivity index (χ4v) is 5.14. The van der Waals surface area contributed by atoms with E-state index in [1.807, 2.05) is 70.2 Å². The van der Waals surface area contributed by atoms with E-state index in [-0.39, 0.29) is 23.6 Å². The summed E-state index contributed by atoms with van der Waals surface area (Å²) in [6, 6.07) is 13.5. The molecule has 1 N–H and O–H groups in total. The molecular weight excluding hydrogens is 440 g/mol. The van der Waals surface area contributed by atoms with E-state index in [4.69, 9.17) is 17.2 Å². The van der Waals surface area contributed by atoms with Crippen LogP contribution in [0.5, 0.6) is 0 Å². The second kappa shape index (κ2) is 8.88. The number of aromatic nitrogens is 2. The number of hydrogen-bond acceptors (Lipinski definition) is 6. The van der Waals surface area contributed by atoms with E-state index in [1.165, 1.54) is 16.2 Å². The number of fused-ring (bicyclic) bond motifs is 1. The van der Waals surface area contributed by atoms with Crippen molar-refractivity contribution >= 4 is 51.7 Å². The summed E-state index contributed by atoms with van der Waals surface area (Å²) in [5.41, 5.74) is 2.62. The zero-order chi connectivity index (χ0) is 23.0. The van der Waals surface area contributed by atoms with Crippen molar-refractivity contribution in [1.29, 1.82) is 0 Å². The summed E-state index contributed by atoms with van der Waals surface area (Å²) in [6.07, 6.45) is 3.31. The number of thioether (sulfide) groups is 1. The van der Waals surface area contributed by atoms with Crippen LogP contribution in [0.3, 0.4) is 0 Å². The second-order valence-electron chi connectivity index (χ2n) is 7.99. The Morgan fingerprint density at radius 3 is 2.47 bits per heavy atom. The molecule has 0 spiro atoms. The average molecular weight is 465 g/mol. The van der Waals surface area contributed by atoms with Crippen LogP contribution in [0.2, 0.25) is 0 Å². The number of nitrogens with zero attached hydrogens (tertiary/aromatic N) is 3. The number of nitrogens with one attached hydrogen (secondary N) is 1. The molecule has 0 radical (unpaired) electrons. The van der Waals surface area contributed by atoms with Gasteiger partial charge in [0.15, 0.2) is 0 Å². The first-order valence-electron chi connectivity index (χ1n) is 10.4. The minimum atomic E-state index is -0.240. The maximum absolute atomic E-state index is 13.5. The number of anilines is 1. The normalized spacial score (nSPS) is 16.4. The molecule has 2 aromatic heterocycles. The maximum Gasteiger partial charge on any atom is 0.267 e. The van der Waals surface area contributed by atoms with Gasteiger partial charge in [0.2, 0.25) is 0 Å². The van der Waals surface area contributed by atoms with E-state index in [2.05, 4.69) is 5.32 Å². The molecule has 0 saturated carbocycles. The van der Waals surface area contributed by atoms with Crippen molar-refractivity contribution in [2.45, 2.75) is 39.8 Å². The minimum Gasteiger partial charge on any atom is -0.363 e. The summed E-state index contributed by atoms with van der Waals surface area (Å²) in [5.74, 6) is 0.251. The molecule has 1 aliphatic heterocycles. The summed E-state index contributed by atoms with van der Waals surface area (Å²) in [6.45, 7) is 7.76. The molecule has 0 bridgehead atoms. The lowest BCUT2D eigenvalue weighted by molar-refractivity contribution is -0.123. The van der Waals surface area contributed by atoms with Gasteiger partial charge in [-0.2, -0.15) is 0 Å². The fourth-order valence-electron chi connectivity index (χ4n) is 3.64. The largest absolute Gasteiger partial charge is 0.363 e. The van der Waals surface area contributed by atoms with Gasteiger partial charge < -0.3 is 5.32 Å². The van der Waals surface area contributed by atoms with E-state index in [1.54, 1.807) is 17.2 Å². The van der Waals surface area contributed by atoms with E-state index in [0.29, 0.717) is 26.3 Å². The molecule has 164 valence electrons. The van der Waals surface area contributed by atoms with Gasteiger partial charge in [0.25, 0.3) is 11.5 Å². The molecule has 1 amide bonds. The molecule has 1 aliphatic rings. The first-order chi connectivity index (χ1) is 15.3. The third-order valence-corrected chi connectivity index (χ3v) is 6.68. The summed E-state index contributed by atoms with van der Waals surface area (Å²) in [5, 5.41) is 3.38. The third-order valence-electron chi connectivity index (χ3n) is 5.35. The third kappa shape index (κ3) is 4.08. The van der Waals surface area contributed by atoms with Crippen molar-refractivity contribution in [2.75, 3.05) is 5.32 Å². The van der Waals surface area contributed by atoms with E-state index in [0.717, 1.165) is 11.1 Å². The zero-order valence-electron chi connectivity index (χ0n) is 18.3. The Labute approximate surface area is 196 Å². The minimum absolute atomic E-state index is 0.0532. The number of carbonyl (C=O) groups is 1. The molecule has 6 nitrogen and oxygen atoms in total. The Bertz CT molecular complexity index is 1300. The molecule has 3 heterocycles. The first kappa shape index (κ1) is 22.2. The molecule has 1 fully saturated rings. The molecule has 32 heavy (non-hydrogen) atoms. The van der Waals surface area contributed by atoms with Gasteiger partial charge in [0.1, 0.15) is 15.8 Å². The van der Waals surface area contributed by atoms with Crippen LogP contribution in [-0.2, 0) is 4.79 Å². The van der Waals surface area contributed by atoms with Crippen LogP contribution in [0.25, 0.3) is 11.7 Å². The molecular formula is C24H24N4O2S2. The highest BCUT2D eigenvalue weighted by Gasteiger charge is 2.34. The van der Waals surface area contributed by atoms with E-state index in [9.17, 15) is 9.59 Å². The molecule has 1 atom stereocenters. The number of thiocarbonyl (C=S) groups is 1. The highest BCUT2D eigenvalue weighted by atomic mass is 32.2. The lowest BCUT2D eigenvalue weighted by Crippen LogP contribution is -2.34. The molecule has 8 heteroatoms. The Hall–Kier alpha value is -2.97. The van der Waals surface area contributed by atoms with Crippen LogP contribution in [0.15, 0.2) is 58.4 Å². The van der Waals surface area contributed by atoms with Crippen LogP contribution in [0.1, 0.15) is 43.5 Å². The van der Waals surface area contributed by atoms with Crippen molar-refractivity contribution < 1.29 is 4.79 Å². The van der Waals surface area contributed by atoms with Gasteiger partial charge in [-0.25, -0.2) is 4.98 Å². The summed E-state index contributed by atoms with van der Waals surface area (Å²) >= 11 is 6.60. The highest BCUT2D eigenvalue weighted by molar-refractivity contribution is 8.26. The summed E-state index contributed by atoms with van der Waals surface area (Å²) in [4.78, 5) is 33.2. The predicted octanol–water partition coefficient (Wildman–Crippen LogP) is 4.79.